The van der Waals surface area contributed by atoms with Gasteiger partial charge in [0.05, 0.1) is 0 Å². The first-order valence-electron chi connectivity index (χ1n) is 8.09. The summed E-state index contributed by atoms with van der Waals surface area (Å²) in [5.41, 5.74) is 4.46. The SMILES string of the molecule is CC[C@@H](C)c1ccc(OCC(=O)Nc2ccc(C)c(C)c2)cc1. The number of carbonyl (C=O) groups is 1. The van der Waals surface area contributed by atoms with E-state index in [4.69, 9.17) is 4.74 Å². The average Bonchev–Trinajstić information content (AvgIpc) is 2.56. The van der Waals surface area contributed by atoms with Crippen LogP contribution in [0.25, 0.3) is 0 Å². The molecule has 0 saturated carbocycles. The van der Waals surface area contributed by atoms with Crippen LogP contribution < -0.4 is 10.1 Å². The van der Waals surface area contributed by atoms with E-state index in [1.807, 2.05) is 44.2 Å². The summed E-state index contributed by atoms with van der Waals surface area (Å²) in [7, 11) is 0. The summed E-state index contributed by atoms with van der Waals surface area (Å²) in [5, 5.41) is 2.86. The Bertz CT molecular complexity index is 662. The molecule has 0 aromatic heterocycles. The van der Waals surface area contributed by atoms with Gasteiger partial charge in [0.1, 0.15) is 5.75 Å². The molecule has 0 aliphatic heterocycles. The molecule has 122 valence electrons. The zero-order valence-corrected chi connectivity index (χ0v) is 14.3. The first-order valence-corrected chi connectivity index (χ1v) is 8.09. The van der Waals surface area contributed by atoms with Crippen LogP contribution in [-0.2, 0) is 4.79 Å². The maximum Gasteiger partial charge on any atom is 0.262 e. The normalized spacial score (nSPS) is 11.8. The second-order valence-corrected chi connectivity index (χ2v) is 6.01. The highest BCUT2D eigenvalue weighted by atomic mass is 16.5. The Morgan fingerprint density at radius 1 is 1.09 bits per heavy atom. The van der Waals surface area contributed by atoms with Gasteiger partial charge in [-0.25, -0.2) is 0 Å². The van der Waals surface area contributed by atoms with Crippen molar-refractivity contribution in [2.75, 3.05) is 11.9 Å². The van der Waals surface area contributed by atoms with E-state index in [9.17, 15) is 4.79 Å². The number of hydrogen-bond donors (Lipinski definition) is 1. The van der Waals surface area contributed by atoms with Crippen LogP contribution in [0, 0.1) is 13.8 Å². The van der Waals surface area contributed by atoms with Crippen molar-refractivity contribution in [3.8, 4) is 5.75 Å². The molecular formula is C20H25NO2. The summed E-state index contributed by atoms with van der Waals surface area (Å²) in [4.78, 5) is 12.0. The third-order valence-corrected chi connectivity index (χ3v) is 4.22. The number of nitrogens with one attached hydrogen (secondary N) is 1. The molecule has 0 fully saturated rings. The molecule has 1 amide bonds. The summed E-state index contributed by atoms with van der Waals surface area (Å²) >= 11 is 0. The van der Waals surface area contributed by atoms with Gasteiger partial charge in [0.15, 0.2) is 6.61 Å². The van der Waals surface area contributed by atoms with E-state index < -0.39 is 0 Å². The number of amides is 1. The Balaban J connectivity index is 1.87. The van der Waals surface area contributed by atoms with Gasteiger partial charge in [-0.1, -0.05) is 32.0 Å². The molecule has 3 heteroatoms. The van der Waals surface area contributed by atoms with Crippen LogP contribution >= 0.6 is 0 Å². The van der Waals surface area contributed by atoms with Crippen molar-refractivity contribution >= 4 is 11.6 Å². The van der Waals surface area contributed by atoms with Crippen molar-refractivity contribution in [1.82, 2.24) is 0 Å². The van der Waals surface area contributed by atoms with E-state index in [0.29, 0.717) is 11.7 Å². The van der Waals surface area contributed by atoms with E-state index in [2.05, 4.69) is 31.3 Å². The first kappa shape index (κ1) is 17.1. The molecule has 0 bridgehead atoms. The Labute approximate surface area is 138 Å². The minimum atomic E-state index is -0.153. The second kappa shape index (κ2) is 7.82. The lowest BCUT2D eigenvalue weighted by molar-refractivity contribution is -0.118. The summed E-state index contributed by atoms with van der Waals surface area (Å²) in [6.45, 7) is 8.46. The standard InChI is InChI=1S/C20H25NO2/c1-5-14(2)17-7-10-19(11-8-17)23-13-20(22)21-18-9-6-15(3)16(4)12-18/h6-12,14H,5,13H2,1-4H3,(H,21,22)/t14-/m1/s1. The molecule has 0 saturated heterocycles. The zero-order valence-electron chi connectivity index (χ0n) is 14.3. The molecule has 0 heterocycles. The number of aryl methyl sites for hydroxylation is 2. The largest absolute Gasteiger partial charge is 0.484 e. The number of rotatable bonds is 6. The molecule has 3 nitrogen and oxygen atoms in total. The number of benzene rings is 2. The fourth-order valence-corrected chi connectivity index (χ4v) is 2.29. The number of hydrogen-bond acceptors (Lipinski definition) is 2. The van der Waals surface area contributed by atoms with Crippen LogP contribution in [0.15, 0.2) is 42.5 Å². The fourth-order valence-electron chi connectivity index (χ4n) is 2.29. The third kappa shape index (κ3) is 4.85. The van der Waals surface area contributed by atoms with Crippen LogP contribution in [0.2, 0.25) is 0 Å². The van der Waals surface area contributed by atoms with Crippen LogP contribution in [0.4, 0.5) is 5.69 Å². The lowest BCUT2D eigenvalue weighted by Crippen LogP contribution is -2.20. The smallest absolute Gasteiger partial charge is 0.262 e. The van der Waals surface area contributed by atoms with Crippen LogP contribution in [0.3, 0.4) is 0 Å². The van der Waals surface area contributed by atoms with E-state index in [-0.39, 0.29) is 12.5 Å². The highest BCUT2D eigenvalue weighted by Crippen LogP contribution is 2.21. The average molecular weight is 311 g/mol. The molecule has 0 spiro atoms. The van der Waals surface area contributed by atoms with Crippen molar-refractivity contribution < 1.29 is 9.53 Å². The molecule has 1 atom stereocenters. The summed E-state index contributed by atoms with van der Waals surface area (Å²) in [5.74, 6) is 1.10. The van der Waals surface area contributed by atoms with Gasteiger partial charge in [-0.2, -0.15) is 0 Å². The van der Waals surface area contributed by atoms with Gasteiger partial charge in [-0.05, 0) is 67.1 Å². The second-order valence-electron chi connectivity index (χ2n) is 6.01. The molecule has 1 N–H and O–H groups in total. The predicted octanol–water partition coefficient (Wildman–Crippen LogP) is 4.83. The Hall–Kier alpha value is -2.29. The number of anilines is 1. The van der Waals surface area contributed by atoms with Gasteiger partial charge in [0.2, 0.25) is 0 Å². The summed E-state index contributed by atoms with van der Waals surface area (Å²) < 4.78 is 5.55. The van der Waals surface area contributed by atoms with Crippen molar-refractivity contribution in [2.45, 2.75) is 40.0 Å². The molecule has 2 aromatic rings. The van der Waals surface area contributed by atoms with E-state index in [1.54, 1.807) is 0 Å². The summed E-state index contributed by atoms with van der Waals surface area (Å²) in [6, 6.07) is 13.8. The molecule has 2 aromatic carbocycles. The number of ether oxygens (including phenoxy) is 1. The van der Waals surface area contributed by atoms with E-state index >= 15 is 0 Å². The van der Waals surface area contributed by atoms with E-state index in [0.717, 1.165) is 17.7 Å². The van der Waals surface area contributed by atoms with Gasteiger partial charge in [0, 0.05) is 5.69 Å². The minimum absolute atomic E-state index is 0.00953. The van der Waals surface area contributed by atoms with Crippen LogP contribution in [0.1, 0.15) is 42.9 Å². The highest BCUT2D eigenvalue weighted by Gasteiger charge is 2.06. The molecule has 0 radical (unpaired) electrons. The Morgan fingerprint density at radius 3 is 2.39 bits per heavy atom. The van der Waals surface area contributed by atoms with Gasteiger partial charge < -0.3 is 10.1 Å². The molecule has 0 aliphatic rings. The molecule has 0 unspecified atom stereocenters. The van der Waals surface area contributed by atoms with Crippen molar-refractivity contribution in [3.05, 3.63) is 59.2 Å². The van der Waals surface area contributed by atoms with Gasteiger partial charge in [-0.15, -0.1) is 0 Å². The Kier molecular flexibility index (Phi) is 5.80. The maximum atomic E-state index is 12.0. The molecule has 0 aliphatic carbocycles. The lowest BCUT2D eigenvalue weighted by atomic mass is 9.99. The quantitative estimate of drug-likeness (QED) is 0.829. The summed E-state index contributed by atoms with van der Waals surface area (Å²) in [6.07, 6.45) is 1.11. The van der Waals surface area contributed by atoms with Crippen molar-refractivity contribution in [2.24, 2.45) is 0 Å². The number of carbonyl (C=O) groups excluding carboxylic acids is 1. The van der Waals surface area contributed by atoms with E-state index in [1.165, 1.54) is 11.1 Å². The minimum Gasteiger partial charge on any atom is -0.484 e. The van der Waals surface area contributed by atoms with Gasteiger partial charge >= 0.3 is 0 Å². The van der Waals surface area contributed by atoms with Gasteiger partial charge in [0.25, 0.3) is 5.91 Å². The zero-order chi connectivity index (χ0) is 16.8. The first-order chi connectivity index (χ1) is 11.0. The molecule has 23 heavy (non-hydrogen) atoms. The topological polar surface area (TPSA) is 38.3 Å². The van der Waals surface area contributed by atoms with Crippen LogP contribution in [0.5, 0.6) is 5.75 Å². The maximum absolute atomic E-state index is 12.0. The molecular weight excluding hydrogens is 286 g/mol. The van der Waals surface area contributed by atoms with Crippen LogP contribution in [-0.4, -0.2) is 12.5 Å². The molecule has 2 rings (SSSR count). The monoisotopic (exact) mass is 311 g/mol. The van der Waals surface area contributed by atoms with Gasteiger partial charge in [-0.3, -0.25) is 4.79 Å². The highest BCUT2D eigenvalue weighted by molar-refractivity contribution is 5.92. The van der Waals surface area contributed by atoms with Crippen molar-refractivity contribution in [1.29, 1.82) is 0 Å². The Morgan fingerprint density at radius 2 is 1.78 bits per heavy atom. The fraction of sp³-hybridized carbons (Fsp3) is 0.350. The third-order valence-electron chi connectivity index (χ3n) is 4.22. The van der Waals surface area contributed by atoms with Crippen molar-refractivity contribution in [3.63, 3.8) is 0 Å². The lowest BCUT2D eigenvalue weighted by Gasteiger charge is -2.11. The predicted molar refractivity (Wildman–Crippen MR) is 95.2 cm³/mol.